The van der Waals surface area contributed by atoms with E-state index in [0.29, 0.717) is 23.4 Å². The minimum atomic E-state index is -4.40. The van der Waals surface area contributed by atoms with Gasteiger partial charge in [0, 0.05) is 12.0 Å². The number of hydrogen-bond acceptors (Lipinski definition) is 5. The Kier molecular flexibility index (Phi) is 6.14. The van der Waals surface area contributed by atoms with Crippen molar-refractivity contribution in [3.8, 4) is 11.5 Å². The number of allylic oxidation sites excluding steroid dienone is 2. The highest BCUT2D eigenvalue weighted by atomic mass is 19.4. The highest BCUT2D eigenvalue weighted by Crippen LogP contribution is 2.31. The number of oxazole rings is 1. The molecule has 0 aliphatic heterocycles. The molecule has 4 rings (SSSR count). The molecule has 2 aromatic carbocycles. The van der Waals surface area contributed by atoms with Gasteiger partial charge in [-0.1, -0.05) is 30.3 Å². The third-order valence-electron chi connectivity index (χ3n) is 5.30. The van der Waals surface area contributed by atoms with Gasteiger partial charge >= 0.3 is 17.6 Å². The van der Waals surface area contributed by atoms with Crippen molar-refractivity contribution < 1.29 is 22.1 Å². The van der Waals surface area contributed by atoms with E-state index in [-0.39, 0.29) is 12.4 Å². The summed E-state index contributed by atoms with van der Waals surface area (Å²) < 4.78 is 49.8. The van der Waals surface area contributed by atoms with E-state index < -0.39 is 23.2 Å². The van der Waals surface area contributed by atoms with Gasteiger partial charge in [0.15, 0.2) is 0 Å². The molecule has 176 valence electrons. The molecule has 0 aliphatic carbocycles. The number of benzene rings is 2. The third-order valence-corrected chi connectivity index (χ3v) is 5.30. The van der Waals surface area contributed by atoms with Gasteiger partial charge < -0.3 is 8.94 Å². The Labute approximate surface area is 191 Å². The number of nitrogens with one attached hydrogen (secondary N) is 1. The quantitative estimate of drug-likeness (QED) is 0.436. The first-order valence-electron chi connectivity index (χ1n) is 10.3. The number of aromatic amines is 1. The Morgan fingerprint density at radius 1 is 1.15 bits per heavy atom. The van der Waals surface area contributed by atoms with E-state index in [9.17, 15) is 22.8 Å². The largest absolute Gasteiger partial charge is 0.441 e. The van der Waals surface area contributed by atoms with Crippen molar-refractivity contribution in [3.05, 3.63) is 104 Å². The molecule has 1 N–H and O–H groups in total. The lowest BCUT2D eigenvalue weighted by Crippen LogP contribution is -2.15. The highest BCUT2D eigenvalue weighted by molar-refractivity contribution is 5.64. The van der Waals surface area contributed by atoms with E-state index in [1.165, 1.54) is 12.1 Å². The maximum atomic E-state index is 12.8. The third kappa shape index (κ3) is 5.11. The molecule has 2 heterocycles. The van der Waals surface area contributed by atoms with Gasteiger partial charge in [-0.3, -0.25) is 0 Å². The lowest BCUT2D eigenvalue weighted by Gasteiger charge is -2.06. The molecule has 0 bridgehead atoms. The Morgan fingerprint density at radius 3 is 2.53 bits per heavy atom. The van der Waals surface area contributed by atoms with E-state index >= 15 is 0 Å². The second kappa shape index (κ2) is 9.05. The van der Waals surface area contributed by atoms with Gasteiger partial charge in [-0.05, 0) is 54.8 Å². The van der Waals surface area contributed by atoms with Crippen LogP contribution in [0.25, 0.3) is 17.0 Å². The zero-order valence-electron chi connectivity index (χ0n) is 18.3. The molecule has 0 aliphatic rings. The van der Waals surface area contributed by atoms with E-state index in [1.807, 2.05) is 36.2 Å². The first-order valence-corrected chi connectivity index (χ1v) is 10.3. The van der Waals surface area contributed by atoms with Crippen LogP contribution in [0.5, 0.6) is 0 Å². The molecule has 0 radical (unpaired) electrons. The second-order valence-corrected chi connectivity index (χ2v) is 7.73. The number of aromatic nitrogens is 3. The predicted molar refractivity (Wildman–Crippen MR) is 118 cm³/mol. The van der Waals surface area contributed by atoms with Crippen LogP contribution >= 0.6 is 0 Å². The molecule has 10 heteroatoms. The van der Waals surface area contributed by atoms with E-state index in [2.05, 4.69) is 4.98 Å². The predicted octanol–water partition coefficient (Wildman–Crippen LogP) is 4.81. The summed E-state index contributed by atoms with van der Waals surface area (Å²) in [6.45, 7) is 3.73. The number of nitrogens with zero attached hydrogens (tertiary/aromatic N) is 2. The number of H-pyrrole nitrogens is 1. The van der Waals surface area contributed by atoms with E-state index in [1.54, 1.807) is 13.0 Å². The summed E-state index contributed by atoms with van der Waals surface area (Å²) in [7, 11) is 0. The summed E-state index contributed by atoms with van der Waals surface area (Å²) in [6, 6.07) is 12.4. The maximum Gasteiger partial charge on any atom is 0.440 e. The molecule has 0 saturated carbocycles. The fourth-order valence-corrected chi connectivity index (χ4v) is 3.41. The van der Waals surface area contributed by atoms with Crippen molar-refractivity contribution in [2.45, 2.75) is 33.0 Å². The molecule has 0 spiro atoms. The maximum absolute atomic E-state index is 12.8. The lowest BCUT2D eigenvalue weighted by atomic mass is 10.0. The average molecular weight is 471 g/mol. The normalized spacial score (nSPS) is 12.3. The Morgan fingerprint density at radius 2 is 1.88 bits per heavy atom. The summed E-state index contributed by atoms with van der Waals surface area (Å²) in [5, 5.41) is 0. The zero-order chi connectivity index (χ0) is 24.5. The van der Waals surface area contributed by atoms with Gasteiger partial charge in [-0.15, -0.1) is 4.74 Å². The summed E-state index contributed by atoms with van der Waals surface area (Å²) in [4.78, 5) is 29.2. The zero-order valence-corrected chi connectivity index (χ0v) is 18.3. The van der Waals surface area contributed by atoms with Crippen molar-refractivity contribution in [1.82, 2.24) is 14.7 Å². The van der Waals surface area contributed by atoms with Crippen LogP contribution in [0, 0.1) is 6.92 Å². The first-order chi connectivity index (χ1) is 16.1. The Bertz CT molecular complexity index is 1450. The van der Waals surface area contributed by atoms with Crippen molar-refractivity contribution in [3.63, 3.8) is 0 Å². The molecule has 4 aromatic rings. The van der Waals surface area contributed by atoms with Crippen LogP contribution in [-0.2, 0) is 19.1 Å². The van der Waals surface area contributed by atoms with Crippen LogP contribution in [0.4, 0.5) is 13.2 Å². The van der Waals surface area contributed by atoms with Crippen LogP contribution in [0.1, 0.15) is 35.1 Å². The minimum absolute atomic E-state index is 0.104. The summed E-state index contributed by atoms with van der Waals surface area (Å²) in [5.41, 5.74) is 2.52. The topological polar surface area (TPSA) is 94.0 Å². The van der Waals surface area contributed by atoms with Crippen LogP contribution in [0.15, 0.2) is 73.1 Å². The van der Waals surface area contributed by atoms with Gasteiger partial charge in [-0.2, -0.15) is 13.2 Å². The van der Waals surface area contributed by atoms with Crippen LogP contribution < -0.4 is 11.4 Å². The van der Waals surface area contributed by atoms with Crippen LogP contribution in [0.3, 0.4) is 0 Å². The number of aryl methyl sites for hydroxylation is 1. The van der Waals surface area contributed by atoms with Crippen molar-refractivity contribution in [2.75, 3.05) is 0 Å². The molecular formula is C24H20F3N3O4. The number of rotatable bonds is 6. The summed E-state index contributed by atoms with van der Waals surface area (Å²) in [5.74, 6) is 0.0259. The molecule has 34 heavy (non-hydrogen) atoms. The van der Waals surface area contributed by atoms with Gasteiger partial charge in [-0.25, -0.2) is 19.6 Å². The summed E-state index contributed by atoms with van der Waals surface area (Å²) in [6.07, 6.45) is -2.18. The molecule has 0 saturated heterocycles. The van der Waals surface area contributed by atoms with Crippen LogP contribution in [0.2, 0.25) is 0 Å². The van der Waals surface area contributed by atoms with Crippen molar-refractivity contribution in [1.29, 1.82) is 0 Å². The molecule has 2 aromatic heterocycles. The molecular weight excluding hydrogens is 451 g/mol. The molecule has 7 nitrogen and oxygen atoms in total. The smallest absolute Gasteiger partial charge is 0.440 e. The van der Waals surface area contributed by atoms with Crippen LogP contribution in [-0.4, -0.2) is 14.7 Å². The van der Waals surface area contributed by atoms with Crippen molar-refractivity contribution in [2.24, 2.45) is 0 Å². The lowest BCUT2D eigenvalue weighted by molar-refractivity contribution is -0.137. The molecule has 0 fully saturated rings. The van der Waals surface area contributed by atoms with Gasteiger partial charge in [0.2, 0.25) is 5.89 Å². The fourth-order valence-electron chi connectivity index (χ4n) is 3.41. The SMILES string of the molecule is C/C(=C\Cn1oc(=O)[nH]c1=O)c1cccc(Cc2nc(-c3ccc(C(F)(F)F)cc3)oc2C)c1. The summed E-state index contributed by atoms with van der Waals surface area (Å²) >= 11 is 0. The number of halogens is 3. The molecule has 0 unspecified atom stereocenters. The van der Waals surface area contributed by atoms with Gasteiger partial charge in [0.05, 0.1) is 17.8 Å². The van der Waals surface area contributed by atoms with Crippen molar-refractivity contribution >= 4 is 5.57 Å². The first kappa shape index (κ1) is 23.1. The van der Waals surface area contributed by atoms with E-state index in [0.717, 1.165) is 33.6 Å². The van der Waals surface area contributed by atoms with Gasteiger partial charge in [0.25, 0.3) is 0 Å². The number of hydrogen-bond donors (Lipinski definition) is 1. The average Bonchev–Trinajstić information content (AvgIpc) is 3.32. The molecule has 0 amide bonds. The monoisotopic (exact) mass is 471 g/mol. The Balaban J connectivity index is 1.51. The fraction of sp³-hybridized carbons (Fsp3) is 0.208. The molecule has 0 atom stereocenters. The van der Waals surface area contributed by atoms with Gasteiger partial charge in [0.1, 0.15) is 5.76 Å². The highest BCUT2D eigenvalue weighted by Gasteiger charge is 2.30. The van der Waals surface area contributed by atoms with E-state index in [4.69, 9.17) is 8.94 Å². The second-order valence-electron chi connectivity index (χ2n) is 7.73. The minimum Gasteiger partial charge on any atom is -0.441 e. The number of alkyl halides is 3. The standard InChI is InChI=1S/C24H20F3N3O4/c1-14(10-11-30-22(31)29-23(32)34-30)18-5-3-4-16(12-18)13-20-15(2)33-21(28-20)17-6-8-19(9-7-17)24(25,26)27/h3-10,12H,11,13H2,1-2H3,(H,29,31,32)/b14-10+. The Hall–Kier alpha value is -4.08.